The van der Waals surface area contributed by atoms with Crippen molar-refractivity contribution in [3.05, 3.63) is 95.6 Å². The highest BCUT2D eigenvalue weighted by Crippen LogP contribution is 2.28. The number of ketones is 2. The SMILES string of the molecule is O=C1C(N=C(/N=C2\Nc3ccccc3C2=O)SCc2ccccc2)=Nc2ccccc21. The molecule has 0 saturated heterocycles. The van der Waals surface area contributed by atoms with E-state index in [1.165, 1.54) is 11.8 Å². The fourth-order valence-corrected chi connectivity index (χ4v) is 4.10. The van der Waals surface area contributed by atoms with E-state index in [9.17, 15) is 9.59 Å². The zero-order valence-electron chi connectivity index (χ0n) is 16.3. The van der Waals surface area contributed by atoms with Crippen molar-refractivity contribution in [2.75, 3.05) is 5.32 Å². The third-order valence-corrected chi connectivity index (χ3v) is 5.76. The summed E-state index contributed by atoms with van der Waals surface area (Å²) in [6.07, 6.45) is 0. The van der Waals surface area contributed by atoms with E-state index in [2.05, 4.69) is 20.3 Å². The number of nitrogens with zero attached hydrogens (tertiary/aromatic N) is 3. The number of aliphatic imine (C=N–C) groups is 3. The van der Waals surface area contributed by atoms with Gasteiger partial charge in [0, 0.05) is 11.3 Å². The number of para-hydroxylation sites is 2. The summed E-state index contributed by atoms with van der Waals surface area (Å²) < 4.78 is 0. The molecule has 0 amide bonds. The Balaban J connectivity index is 1.48. The smallest absolute Gasteiger partial charge is 0.232 e. The number of Topliss-reactive ketones (excluding diaryl/α,β-unsaturated/α-hetero) is 2. The first-order valence-corrected chi connectivity index (χ1v) is 10.6. The molecule has 0 unspecified atom stereocenters. The van der Waals surface area contributed by atoms with Crippen LogP contribution in [-0.4, -0.2) is 28.4 Å². The molecule has 2 aliphatic heterocycles. The van der Waals surface area contributed by atoms with Crippen LogP contribution >= 0.6 is 11.8 Å². The van der Waals surface area contributed by atoms with E-state index in [1.807, 2.05) is 54.6 Å². The molecular formula is C24H16N4O2S. The summed E-state index contributed by atoms with van der Waals surface area (Å²) in [7, 11) is 0. The van der Waals surface area contributed by atoms with Crippen LogP contribution in [0.3, 0.4) is 0 Å². The molecule has 0 fully saturated rings. The van der Waals surface area contributed by atoms with Crippen LogP contribution in [0, 0.1) is 0 Å². The Labute approximate surface area is 182 Å². The summed E-state index contributed by atoms with van der Waals surface area (Å²) in [6, 6.07) is 24.2. The van der Waals surface area contributed by atoms with Gasteiger partial charge in [-0.15, -0.1) is 0 Å². The molecule has 0 aliphatic carbocycles. The number of hydrogen-bond acceptors (Lipinski definition) is 5. The normalized spacial score (nSPS) is 16.2. The van der Waals surface area contributed by atoms with Crippen LogP contribution in [0.5, 0.6) is 0 Å². The molecule has 6 nitrogen and oxygen atoms in total. The van der Waals surface area contributed by atoms with Crippen LogP contribution in [0.4, 0.5) is 11.4 Å². The molecule has 3 aromatic carbocycles. The Bertz CT molecular complexity index is 1300. The third-order valence-electron chi connectivity index (χ3n) is 4.84. The molecule has 0 atom stereocenters. The van der Waals surface area contributed by atoms with Gasteiger partial charge in [-0.05, 0) is 29.8 Å². The molecule has 1 N–H and O–H groups in total. The molecule has 3 aromatic rings. The second-order valence-corrected chi connectivity index (χ2v) is 7.85. The van der Waals surface area contributed by atoms with Crippen LogP contribution in [0.25, 0.3) is 0 Å². The highest BCUT2D eigenvalue weighted by atomic mass is 32.2. The number of anilines is 1. The van der Waals surface area contributed by atoms with Gasteiger partial charge in [0.2, 0.25) is 17.4 Å². The van der Waals surface area contributed by atoms with Crippen molar-refractivity contribution in [3.63, 3.8) is 0 Å². The van der Waals surface area contributed by atoms with Crippen molar-refractivity contribution in [1.29, 1.82) is 0 Å². The van der Waals surface area contributed by atoms with Crippen molar-refractivity contribution in [2.45, 2.75) is 5.75 Å². The average Bonchev–Trinajstić information content (AvgIpc) is 3.29. The second kappa shape index (κ2) is 8.12. The minimum Gasteiger partial charge on any atom is -0.336 e. The predicted octanol–water partition coefficient (Wildman–Crippen LogP) is 4.91. The molecule has 5 rings (SSSR count). The third kappa shape index (κ3) is 3.83. The monoisotopic (exact) mass is 424 g/mol. The van der Waals surface area contributed by atoms with Gasteiger partial charge >= 0.3 is 0 Å². The van der Waals surface area contributed by atoms with Crippen molar-refractivity contribution < 1.29 is 9.59 Å². The first-order chi connectivity index (χ1) is 15.2. The summed E-state index contributed by atoms with van der Waals surface area (Å²) in [5.74, 6) is 0.397. The Morgan fingerprint density at radius 3 is 2.32 bits per heavy atom. The highest BCUT2D eigenvalue weighted by molar-refractivity contribution is 8.13. The zero-order chi connectivity index (χ0) is 21.2. The summed E-state index contributed by atoms with van der Waals surface area (Å²) in [5, 5.41) is 3.35. The predicted molar refractivity (Wildman–Crippen MR) is 125 cm³/mol. The fourth-order valence-electron chi connectivity index (χ4n) is 3.30. The lowest BCUT2D eigenvalue weighted by Crippen LogP contribution is -2.17. The molecule has 2 aliphatic rings. The van der Waals surface area contributed by atoms with Crippen molar-refractivity contribution in [1.82, 2.24) is 0 Å². The van der Waals surface area contributed by atoms with E-state index in [-0.39, 0.29) is 23.2 Å². The average molecular weight is 424 g/mol. The van der Waals surface area contributed by atoms with E-state index in [0.29, 0.717) is 33.4 Å². The molecule has 0 radical (unpaired) electrons. The van der Waals surface area contributed by atoms with Gasteiger partial charge in [-0.3, -0.25) is 9.59 Å². The standard InChI is InChI=1S/C24H16N4O2S/c29-20-16-10-4-6-12-18(16)25-22(20)27-24(31-14-15-8-2-1-3-9-15)28-23-21(30)17-11-5-7-13-19(17)26-23/h1-13H,14H2,(H,25,26,27,28,29,30). The Morgan fingerprint density at radius 2 is 1.55 bits per heavy atom. The van der Waals surface area contributed by atoms with E-state index >= 15 is 0 Å². The van der Waals surface area contributed by atoms with Gasteiger partial charge in [-0.2, -0.15) is 4.99 Å². The number of nitrogens with one attached hydrogen (secondary N) is 1. The van der Waals surface area contributed by atoms with Crippen LogP contribution in [0.15, 0.2) is 93.8 Å². The van der Waals surface area contributed by atoms with Crippen molar-refractivity contribution in [2.24, 2.45) is 15.0 Å². The number of benzene rings is 3. The summed E-state index contributed by atoms with van der Waals surface area (Å²) in [6.45, 7) is 0. The molecule has 0 aromatic heterocycles. The number of fused-ring (bicyclic) bond motifs is 2. The fraction of sp³-hybridized carbons (Fsp3) is 0.0417. The highest BCUT2D eigenvalue weighted by Gasteiger charge is 2.27. The van der Waals surface area contributed by atoms with Gasteiger partial charge in [0.15, 0.2) is 11.0 Å². The Kier molecular flexibility index (Phi) is 5.01. The molecule has 31 heavy (non-hydrogen) atoms. The van der Waals surface area contributed by atoms with E-state index in [1.54, 1.807) is 24.3 Å². The number of amidine groups is 3. The van der Waals surface area contributed by atoms with Crippen molar-refractivity contribution in [3.8, 4) is 0 Å². The van der Waals surface area contributed by atoms with Crippen LogP contribution < -0.4 is 5.32 Å². The molecule has 150 valence electrons. The molecule has 0 saturated carbocycles. The zero-order valence-corrected chi connectivity index (χ0v) is 17.1. The maximum atomic E-state index is 12.7. The van der Waals surface area contributed by atoms with Gasteiger partial charge in [0.05, 0.1) is 16.9 Å². The maximum Gasteiger partial charge on any atom is 0.232 e. The lowest BCUT2D eigenvalue weighted by atomic mass is 10.1. The van der Waals surface area contributed by atoms with Crippen LogP contribution in [0.2, 0.25) is 0 Å². The number of carbonyl (C=O) groups excluding carboxylic acids is 2. The van der Waals surface area contributed by atoms with Gasteiger partial charge in [-0.25, -0.2) is 9.98 Å². The van der Waals surface area contributed by atoms with Gasteiger partial charge in [0.25, 0.3) is 0 Å². The Hall–Kier alpha value is -3.84. The van der Waals surface area contributed by atoms with E-state index < -0.39 is 0 Å². The molecule has 0 spiro atoms. The van der Waals surface area contributed by atoms with Gasteiger partial charge in [0.1, 0.15) is 0 Å². The molecular weight excluding hydrogens is 408 g/mol. The first-order valence-electron chi connectivity index (χ1n) is 9.66. The lowest BCUT2D eigenvalue weighted by molar-refractivity contribution is 0.106. The van der Waals surface area contributed by atoms with Crippen LogP contribution in [0.1, 0.15) is 26.3 Å². The number of rotatable bonds is 2. The first kappa shape index (κ1) is 19.1. The minimum atomic E-state index is -0.248. The van der Waals surface area contributed by atoms with Crippen LogP contribution in [-0.2, 0) is 5.75 Å². The molecule has 2 heterocycles. The largest absolute Gasteiger partial charge is 0.336 e. The van der Waals surface area contributed by atoms with E-state index in [0.717, 1.165) is 5.56 Å². The maximum absolute atomic E-state index is 12.7. The summed E-state index contributed by atoms with van der Waals surface area (Å²) >= 11 is 1.35. The lowest BCUT2D eigenvalue weighted by Gasteiger charge is -2.04. The number of thioether (sulfide) groups is 1. The van der Waals surface area contributed by atoms with E-state index in [4.69, 9.17) is 0 Å². The molecule has 7 heteroatoms. The topological polar surface area (TPSA) is 83.2 Å². The second-order valence-electron chi connectivity index (χ2n) is 6.91. The van der Waals surface area contributed by atoms with Gasteiger partial charge < -0.3 is 5.32 Å². The minimum absolute atomic E-state index is 0.0732. The summed E-state index contributed by atoms with van der Waals surface area (Å²) in [4.78, 5) is 38.7. The van der Waals surface area contributed by atoms with Gasteiger partial charge in [-0.1, -0.05) is 66.4 Å². The number of carbonyl (C=O) groups is 2. The Morgan fingerprint density at radius 1 is 0.839 bits per heavy atom. The molecule has 0 bridgehead atoms. The summed E-state index contributed by atoms with van der Waals surface area (Å²) in [5.41, 5.74) is 3.46. The number of hydrogen-bond donors (Lipinski definition) is 1. The van der Waals surface area contributed by atoms with Crippen molar-refractivity contribution >= 4 is 51.5 Å². The quantitative estimate of drug-likeness (QED) is 0.468.